The number of nitrogens with zero attached hydrogens (tertiary/aromatic N) is 4. The molecular formula is C22H19N5O. The van der Waals surface area contributed by atoms with Crippen molar-refractivity contribution in [2.75, 3.05) is 12.8 Å². The van der Waals surface area contributed by atoms with Crippen LogP contribution < -0.4 is 10.5 Å². The molecule has 0 radical (unpaired) electrons. The molecule has 6 nitrogen and oxygen atoms in total. The summed E-state index contributed by atoms with van der Waals surface area (Å²) < 4.78 is 7.14. The standard InChI is InChI=1S/C22H19N5O/c1-13-9-10-16-14(5-3-7-18(16)24-13)11-15-12-19-17-6-4-8-20(28-2)21(17)25-22(23)27(19)26-15/h3-10,12H,11H2,1-2H3,(H2,23,25). The number of aryl methyl sites for hydroxylation is 1. The number of fused-ring (bicyclic) bond motifs is 4. The van der Waals surface area contributed by atoms with Gasteiger partial charge in [-0.2, -0.15) is 9.61 Å². The largest absolute Gasteiger partial charge is 0.494 e. The third kappa shape index (κ3) is 2.53. The summed E-state index contributed by atoms with van der Waals surface area (Å²) in [6.07, 6.45) is 0.689. The lowest BCUT2D eigenvalue weighted by Gasteiger charge is -2.07. The molecule has 2 N–H and O–H groups in total. The van der Waals surface area contributed by atoms with E-state index < -0.39 is 0 Å². The minimum Gasteiger partial charge on any atom is -0.494 e. The van der Waals surface area contributed by atoms with E-state index >= 15 is 0 Å². The van der Waals surface area contributed by atoms with Gasteiger partial charge in [0.2, 0.25) is 5.95 Å². The van der Waals surface area contributed by atoms with Gasteiger partial charge in [0.1, 0.15) is 11.3 Å². The third-order valence-electron chi connectivity index (χ3n) is 5.03. The number of pyridine rings is 1. The van der Waals surface area contributed by atoms with Crippen LogP contribution in [0.25, 0.3) is 27.3 Å². The van der Waals surface area contributed by atoms with E-state index in [1.54, 1.807) is 11.6 Å². The molecule has 0 saturated carbocycles. The first-order chi connectivity index (χ1) is 13.6. The zero-order valence-electron chi connectivity index (χ0n) is 15.7. The molecule has 0 aliphatic heterocycles. The number of para-hydroxylation sites is 1. The first-order valence-electron chi connectivity index (χ1n) is 9.10. The summed E-state index contributed by atoms with van der Waals surface area (Å²) in [5, 5.41) is 6.81. The monoisotopic (exact) mass is 369 g/mol. The van der Waals surface area contributed by atoms with Crippen molar-refractivity contribution >= 4 is 33.3 Å². The lowest BCUT2D eigenvalue weighted by Crippen LogP contribution is -2.03. The molecule has 0 unspecified atom stereocenters. The number of nitrogens with two attached hydrogens (primary N) is 1. The van der Waals surface area contributed by atoms with Crippen LogP contribution in [0.4, 0.5) is 5.95 Å². The van der Waals surface area contributed by atoms with Crippen LogP contribution in [0.3, 0.4) is 0 Å². The van der Waals surface area contributed by atoms with Crippen molar-refractivity contribution in [2.45, 2.75) is 13.3 Å². The van der Waals surface area contributed by atoms with Crippen LogP contribution in [0, 0.1) is 6.92 Å². The van der Waals surface area contributed by atoms with Crippen LogP contribution in [-0.4, -0.2) is 26.7 Å². The Morgan fingerprint density at radius 1 is 1.00 bits per heavy atom. The molecule has 0 aliphatic carbocycles. The topological polar surface area (TPSA) is 78.3 Å². The number of ether oxygens (including phenoxy) is 1. The first kappa shape index (κ1) is 16.5. The van der Waals surface area contributed by atoms with Crippen molar-refractivity contribution in [1.82, 2.24) is 19.6 Å². The summed E-state index contributed by atoms with van der Waals surface area (Å²) in [5.41, 5.74) is 12.0. The van der Waals surface area contributed by atoms with Crippen LogP contribution in [0.5, 0.6) is 5.75 Å². The number of methoxy groups -OCH3 is 1. The van der Waals surface area contributed by atoms with Crippen LogP contribution in [0.2, 0.25) is 0 Å². The maximum absolute atomic E-state index is 6.18. The first-order valence-corrected chi connectivity index (χ1v) is 9.10. The van der Waals surface area contributed by atoms with Crippen molar-refractivity contribution < 1.29 is 4.74 Å². The van der Waals surface area contributed by atoms with Crippen molar-refractivity contribution in [3.8, 4) is 5.75 Å². The summed E-state index contributed by atoms with van der Waals surface area (Å²) in [7, 11) is 1.63. The molecule has 0 amide bonds. The fourth-order valence-electron chi connectivity index (χ4n) is 3.72. The highest BCUT2D eigenvalue weighted by atomic mass is 16.5. The summed E-state index contributed by atoms with van der Waals surface area (Å²) in [5.74, 6) is 1.04. The van der Waals surface area contributed by atoms with Gasteiger partial charge >= 0.3 is 0 Å². The zero-order chi connectivity index (χ0) is 19.3. The maximum atomic E-state index is 6.18. The highest BCUT2D eigenvalue weighted by Crippen LogP contribution is 2.29. The van der Waals surface area contributed by atoms with Gasteiger partial charge in [0.05, 0.1) is 23.8 Å². The predicted molar refractivity (Wildman–Crippen MR) is 111 cm³/mol. The van der Waals surface area contributed by atoms with Crippen molar-refractivity contribution in [1.29, 1.82) is 0 Å². The number of anilines is 1. The van der Waals surface area contributed by atoms with Gasteiger partial charge in [-0.05, 0) is 36.8 Å². The number of hydrogen-bond donors (Lipinski definition) is 1. The molecule has 138 valence electrons. The molecular weight excluding hydrogens is 350 g/mol. The van der Waals surface area contributed by atoms with Crippen LogP contribution >= 0.6 is 0 Å². The van der Waals surface area contributed by atoms with E-state index in [0.29, 0.717) is 18.1 Å². The van der Waals surface area contributed by atoms with Crippen LogP contribution in [-0.2, 0) is 6.42 Å². The number of rotatable bonds is 3. The van der Waals surface area contributed by atoms with E-state index in [9.17, 15) is 0 Å². The number of aromatic nitrogens is 4. The van der Waals surface area contributed by atoms with Gasteiger partial charge in [-0.15, -0.1) is 0 Å². The summed E-state index contributed by atoms with van der Waals surface area (Å²) in [4.78, 5) is 9.12. The van der Waals surface area contributed by atoms with Crippen molar-refractivity contribution in [3.63, 3.8) is 0 Å². The Balaban J connectivity index is 1.67. The minimum atomic E-state index is 0.341. The fraction of sp³-hybridized carbons (Fsp3) is 0.136. The Morgan fingerprint density at radius 2 is 1.86 bits per heavy atom. The van der Waals surface area contributed by atoms with Gasteiger partial charge in [0, 0.05) is 22.9 Å². The molecule has 0 fully saturated rings. The molecule has 5 rings (SSSR count). The second-order valence-corrected chi connectivity index (χ2v) is 6.87. The van der Waals surface area contributed by atoms with E-state index in [1.165, 1.54) is 5.56 Å². The molecule has 5 aromatic rings. The number of nitrogen functional groups attached to an aromatic ring is 1. The smallest absolute Gasteiger partial charge is 0.222 e. The highest BCUT2D eigenvalue weighted by molar-refractivity contribution is 5.97. The van der Waals surface area contributed by atoms with E-state index in [-0.39, 0.29) is 0 Å². The minimum absolute atomic E-state index is 0.341. The number of hydrogen-bond acceptors (Lipinski definition) is 5. The second-order valence-electron chi connectivity index (χ2n) is 6.87. The Labute approximate surface area is 161 Å². The molecule has 0 saturated heterocycles. The summed E-state index contributed by atoms with van der Waals surface area (Å²) >= 11 is 0. The molecule has 2 aromatic carbocycles. The summed E-state index contributed by atoms with van der Waals surface area (Å²) in [6.45, 7) is 2.00. The Morgan fingerprint density at radius 3 is 2.71 bits per heavy atom. The Kier molecular flexibility index (Phi) is 3.65. The average Bonchev–Trinajstić information content (AvgIpc) is 3.12. The third-order valence-corrected chi connectivity index (χ3v) is 5.03. The highest BCUT2D eigenvalue weighted by Gasteiger charge is 2.14. The molecule has 0 atom stereocenters. The van der Waals surface area contributed by atoms with Gasteiger partial charge in [-0.1, -0.05) is 30.3 Å². The fourth-order valence-corrected chi connectivity index (χ4v) is 3.72. The van der Waals surface area contributed by atoms with E-state index in [2.05, 4.69) is 28.2 Å². The molecule has 0 spiro atoms. The SMILES string of the molecule is COc1cccc2c1nc(N)n1nc(Cc3cccc4nc(C)ccc34)cc21. The number of benzene rings is 2. The normalized spacial score (nSPS) is 11.5. The van der Waals surface area contributed by atoms with Crippen molar-refractivity contribution in [3.05, 3.63) is 71.5 Å². The summed E-state index contributed by atoms with van der Waals surface area (Å²) in [6, 6.07) is 18.3. The lowest BCUT2D eigenvalue weighted by molar-refractivity contribution is 0.419. The quantitative estimate of drug-likeness (QED) is 0.521. The maximum Gasteiger partial charge on any atom is 0.222 e. The molecule has 3 aromatic heterocycles. The van der Waals surface area contributed by atoms with E-state index in [4.69, 9.17) is 15.6 Å². The molecule has 0 aliphatic rings. The van der Waals surface area contributed by atoms with Crippen molar-refractivity contribution in [2.24, 2.45) is 0 Å². The van der Waals surface area contributed by atoms with Gasteiger partial charge < -0.3 is 10.5 Å². The lowest BCUT2D eigenvalue weighted by atomic mass is 10.0. The average molecular weight is 369 g/mol. The molecule has 3 heterocycles. The predicted octanol–water partition coefficient (Wildman–Crippen LogP) is 3.92. The second kappa shape index (κ2) is 6.20. The molecule has 28 heavy (non-hydrogen) atoms. The van der Waals surface area contributed by atoms with Gasteiger partial charge in [0.15, 0.2) is 0 Å². The Hall–Kier alpha value is -3.67. The molecule has 0 bridgehead atoms. The Bertz CT molecular complexity index is 1360. The van der Waals surface area contributed by atoms with Crippen LogP contribution in [0.15, 0.2) is 54.6 Å². The van der Waals surface area contributed by atoms with Gasteiger partial charge in [-0.25, -0.2) is 4.98 Å². The molecule has 6 heteroatoms. The van der Waals surface area contributed by atoms with Crippen LogP contribution in [0.1, 0.15) is 17.0 Å². The zero-order valence-corrected chi connectivity index (χ0v) is 15.7. The van der Waals surface area contributed by atoms with E-state index in [0.717, 1.165) is 38.7 Å². The van der Waals surface area contributed by atoms with Gasteiger partial charge in [-0.3, -0.25) is 4.98 Å². The van der Waals surface area contributed by atoms with E-state index in [1.807, 2.05) is 43.3 Å². The van der Waals surface area contributed by atoms with Gasteiger partial charge in [0.25, 0.3) is 0 Å².